The van der Waals surface area contributed by atoms with Crippen molar-refractivity contribution < 1.29 is 24.7 Å². The van der Waals surface area contributed by atoms with Crippen LogP contribution >= 0.6 is 0 Å². The Morgan fingerprint density at radius 2 is 1.70 bits per heavy atom. The van der Waals surface area contributed by atoms with Gasteiger partial charge in [-0.3, -0.25) is 19.7 Å². The van der Waals surface area contributed by atoms with Crippen LogP contribution < -0.4 is 0 Å². The molecular formula is C19H16N2O6. The maximum Gasteiger partial charge on any atom is 0.295 e. The number of amides is 1. The Morgan fingerprint density at radius 1 is 1.07 bits per heavy atom. The van der Waals surface area contributed by atoms with E-state index in [1.165, 1.54) is 24.3 Å². The Kier molecular flexibility index (Phi) is 5.00. The summed E-state index contributed by atoms with van der Waals surface area (Å²) < 4.78 is 0. The quantitative estimate of drug-likeness (QED) is 0.274. The highest BCUT2D eigenvalue weighted by molar-refractivity contribution is 6.46. The number of ketones is 1. The van der Waals surface area contributed by atoms with Crippen molar-refractivity contribution in [3.8, 4) is 0 Å². The zero-order chi connectivity index (χ0) is 19.6. The van der Waals surface area contributed by atoms with Gasteiger partial charge in [-0.2, -0.15) is 0 Å². The largest absolute Gasteiger partial charge is 0.507 e. The molecule has 8 heteroatoms. The fourth-order valence-electron chi connectivity index (χ4n) is 3.09. The Morgan fingerprint density at radius 3 is 2.26 bits per heavy atom. The number of benzene rings is 2. The molecule has 8 nitrogen and oxygen atoms in total. The number of non-ortho nitro benzene ring substituents is 1. The molecule has 1 atom stereocenters. The predicted molar refractivity (Wildman–Crippen MR) is 95.6 cm³/mol. The topological polar surface area (TPSA) is 121 Å². The summed E-state index contributed by atoms with van der Waals surface area (Å²) in [7, 11) is 0. The van der Waals surface area contributed by atoms with E-state index in [-0.39, 0.29) is 30.2 Å². The molecule has 0 aliphatic carbocycles. The number of aliphatic hydroxyl groups is 2. The van der Waals surface area contributed by atoms with Crippen LogP contribution in [-0.2, 0) is 9.59 Å². The van der Waals surface area contributed by atoms with Crippen molar-refractivity contribution in [2.75, 3.05) is 13.2 Å². The molecule has 1 heterocycles. The monoisotopic (exact) mass is 368 g/mol. The van der Waals surface area contributed by atoms with E-state index in [4.69, 9.17) is 0 Å². The van der Waals surface area contributed by atoms with Crippen LogP contribution in [0.4, 0.5) is 5.69 Å². The number of likely N-dealkylation sites (tertiary alicyclic amines) is 1. The first-order chi connectivity index (χ1) is 13.0. The Hall–Kier alpha value is -3.52. The molecule has 0 aromatic heterocycles. The molecule has 0 radical (unpaired) electrons. The molecule has 1 aliphatic heterocycles. The molecule has 0 saturated carbocycles. The first kappa shape index (κ1) is 18.3. The van der Waals surface area contributed by atoms with Crippen LogP contribution in [0.15, 0.2) is 60.2 Å². The maximum absolute atomic E-state index is 12.6. The molecule has 1 unspecified atom stereocenters. The third-order valence-electron chi connectivity index (χ3n) is 4.35. The lowest BCUT2D eigenvalue weighted by Gasteiger charge is -2.24. The molecule has 2 aromatic rings. The number of Topliss-reactive ketones (excluding diaryl/α,β-unsaturated/α-hetero) is 1. The van der Waals surface area contributed by atoms with Crippen molar-refractivity contribution in [3.63, 3.8) is 0 Å². The van der Waals surface area contributed by atoms with E-state index in [2.05, 4.69) is 0 Å². The lowest BCUT2D eigenvalue weighted by Crippen LogP contribution is -2.32. The molecule has 2 N–H and O–H groups in total. The Labute approximate surface area is 154 Å². The minimum Gasteiger partial charge on any atom is -0.507 e. The smallest absolute Gasteiger partial charge is 0.295 e. The van der Waals surface area contributed by atoms with E-state index in [1.54, 1.807) is 30.3 Å². The number of hydrogen-bond donors (Lipinski definition) is 2. The number of aliphatic hydroxyl groups excluding tert-OH is 2. The SMILES string of the molecule is O=C1C(=O)N(CCO)C(c2ccc([N+](=O)[O-])cc2)/C1=C(/O)c1ccccc1. The second-order valence-corrected chi connectivity index (χ2v) is 5.93. The van der Waals surface area contributed by atoms with Crippen LogP contribution in [0.1, 0.15) is 17.2 Å². The molecule has 1 fully saturated rings. The second kappa shape index (κ2) is 7.38. The normalized spacial score (nSPS) is 18.7. The van der Waals surface area contributed by atoms with Crippen molar-refractivity contribution in [1.29, 1.82) is 0 Å². The molecule has 3 rings (SSSR count). The van der Waals surface area contributed by atoms with Crippen LogP contribution in [0.25, 0.3) is 5.76 Å². The fraction of sp³-hybridized carbons (Fsp3) is 0.158. The summed E-state index contributed by atoms with van der Waals surface area (Å²) in [5.41, 5.74) is 0.534. The average molecular weight is 368 g/mol. The van der Waals surface area contributed by atoms with Gasteiger partial charge >= 0.3 is 0 Å². The van der Waals surface area contributed by atoms with Gasteiger partial charge < -0.3 is 15.1 Å². The average Bonchev–Trinajstić information content (AvgIpc) is 2.93. The van der Waals surface area contributed by atoms with Crippen molar-refractivity contribution in [3.05, 3.63) is 81.4 Å². The van der Waals surface area contributed by atoms with Gasteiger partial charge in [0.1, 0.15) is 5.76 Å². The minimum absolute atomic E-state index is 0.113. The zero-order valence-corrected chi connectivity index (χ0v) is 14.1. The van der Waals surface area contributed by atoms with E-state index in [0.717, 1.165) is 4.90 Å². The number of nitro benzene ring substituents is 1. The van der Waals surface area contributed by atoms with Crippen molar-refractivity contribution in [2.24, 2.45) is 0 Å². The summed E-state index contributed by atoms with van der Waals surface area (Å²) in [5, 5.41) is 30.8. The summed E-state index contributed by atoms with van der Waals surface area (Å²) >= 11 is 0. The molecular weight excluding hydrogens is 352 g/mol. The maximum atomic E-state index is 12.6. The van der Waals surface area contributed by atoms with E-state index < -0.39 is 22.7 Å². The van der Waals surface area contributed by atoms with Gasteiger partial charge in [-0.1, -0.05) is 30.3 Å². The first-order valence-corrected chi connectivity index (χ1v) is 8.14. The van der Waals surface area contributed by atoms with Gasteiger partial charge in [0.05, 0.1) is 23.1 Å². The number of hydrogen-bond acceptors (Lipinski definition) is 6. The van der Waals surface area contributed by atoms with Gasteiger partial charge in [-0.15, -0.1) is 0 Å². The summed E-state index contributed by atoms with van der Waals surface area (Å²) in [4.78, 5) is 36.4. The predicted octanol–water partition coefficient (Wildman–Crippen LogP) is 2.01. The van der Waals surface area contributed by atoms with Crippen LogP contribution in [-0.4, -0.2) is 44.9 Å². The van der Waals surface area contributed by atoms with E-state index in [1.807, 2.05) is 0 Å². The highest BCUT2D eigenvalue weighted by Gasteiger charge is 2.45. The third-order valence-corrected chi connectivity index (χ3v) is 4.35. The number of nitro groups is 1. The molecule has 1 saturated heterocycles. The number of β-amino-alcohol motifs (C(OH)–C–C–N with tert-alkyl or cyclic N) is 1. The highest BCUT2D eigenvalue weighted by atomic mass is 16.6. The molecule has 1 amide bonds. The summed E-state index contributed by atoms with van der Waals surface area (Å²) in [6, 6.07) is 12.7. The van der Waals surface area contributed by atoms with Gasteiger partial charge in [-0.05, 0) is 17.7 Å². The molecule has 2 aromatic carbocycles. The highest BCUT2D eigenvalue weighted by Crippen LogP contribution is 2.39. The van der Waals surface area contributed by atoms with Crippen LogP contribution in [0.5, 0.6) is 0 Å². The number of carbonyl (C=O) groups excluding carboxylic acids is 2. The second-order valence-electron chi connectivity index (χ2n) is 5.93. The molecule has 0 spiro atoms. The summed E-state index contributed by atoms with van der Waals surface area (Å²) in [5.74, 6) is -2.05. The fourth-order valence-corrected chi connectivity index (χ4v) is 3.09. The van der Waals surface area contributed by atoms with Crippen LogP contribution in [0, 0.1) is 10.1 Å². The van der Waals surface area contributed by atoms with E-state index in [9.17, 15) is 29.9 Å². The van der Waals surface area contributed by atoms with Gasteiger partial charge in [0.2, 0.25) is 0 Å². The van der Waals surface area contributed by atoms with Gasteiger partial charge in [0.25, 0.3) is 17.4 Å². The van der Waals surface area contributed by atoms with Gasteiger partial charge in [0.15, 0.2) is 0 Å². The van der Waals surface area contributed by atoms with Crippen molar-refractivity contribution >= 4 is 23.1 Å². The molecule has 0 bridgehead atoms. The molecule has 138 valence electrons. The molecule has 27 heavy (non-hydrogen) atoms. The lowest BCUT2D eigenvalue weighted by molar-refractivity contribution is -0.384. The summed E-state index contributed by atoms with van der Waals surface area (Å²) in [6.07, 6.45) is 0. The lowest BCUT2D eigenvalue weighted by atomic mass is 9.95. The van der Waals surface area contributed by atoms with Gasteiger partial charge in [-0.25, -0.2) is 0 Å². The first-order valence-electron chi connectivity index (χ1n) is 8.14. The standard InChI is InChI=1S/C19H16N2O6/c22-11-10-20-16(12-6-8-14(9-7-12)21(26)27)15(18(24)19(20)25)17(23)13-4-2-1-3-5-13/h1-9,16,22-23H,10-11H2/b17-15-. The Bertz CT molecular complexity index is 921. The van der Waals surface area contributed by atoms with Gasteiger partial charge in [0, 0.05) is 24.2 Å². The minimum atomic E-state index is -0.946. The van der Waals surface area contributed by atoms with Crippen LogP contribution in [0.3, 0.4) is 0 Å². The number of nitrogens with zero attached hydrogens (tertiary/aromatic N) is 2. The van der Waals surface area contributed by atoms with E-state index in [0.29, 0.717) is 11.1 Å². The Balaban J connectivity index is 2.16. The third kappa shape index (κ3) is 3.30. The molecule has 1 aliphatic rings. The zero-order valence-electron chi connectivity index (χ0n) is 14.1. The summed E-state index contributed by atoms with van der Waals surface area (Å²) in [6.45, 7) is -0.486. The van der Waals surface area contributed by atoms with Crippen molar-refractivity contribution in [2.45, 2.75) is 6.04 Å². The van der Waals surface area contributed by atoms with Crippen molar-refractivity contribution in [1.82, 2.24) is 4.90 Å². The number of carbonyl (C=O) groups is 2. The van der Waals surface area contributed by atoms with Crippen LogP contribution in [0.2, 0.25) is 0 Å². The number of rotatable bonds is 5. The van der Waals surface area contributed by atoms with E-state index >= 15 is 0 Å².